The Morgan fingerprint density at radius 1 is 0.478 bits per heavy atom. The molecule has 0 bridgehead atoms. The molecule has 0 aromatic heterocycles. The SMILES string of the molecule is Fc1cc[c]([Ge]([Br])([c]2ccc(F)cc2)[c]2ccc(F)cc2)cc1. The van der Waals surface area contributed by atoms with Crippen molar-refractivity contribution < 1.29 is 13.2 Å². The molecule has 0 N–H and O–H groups in total. The maximum absolute atomic E-state index is 13.3. The van der Waals surface area contributed by atoms with Crippen molar-refractivity contribution in [2.75, 3.05) is 0 Å². The van der Waals surface area contributed by atoms with E-state index in [2.05, 4.69) is 14.0 Å². The van der Waals surface area contributed by atoms with E-state index in [-0.39, 0.29) is 17.5 Å². The fourth-order valence-corrected chi connectivity index (χ4v) is 12.7. The Labute approximate surface area is 142 Å². The Morgan fingerprint density at radius 3 is 0.913 bits per heavy atom. The van der Waals surface area contributed by atoms with Crippen LogP contribution in [0.5, 0.6) is 0 Å². The zero-order valence-electron chi connectivity index (χ0n) is 11.9. The van der Waals surface area contributed by atoms with Gasteiger partial charge >= 0.3 is 142 Å². The molecular weight excluding hydrogens is 426 g/mol. The Hall–Kier alpha value is -1.53. The van der Waals surface area contributed by atoms with Crippen LogP contribution in [0, 0.1) is 17.5 Å². The molecule has 0 heterocycles. The molecule has 0 unspecified atom stereocenters. The predicted molar refractivity (Wildman–Crippen MR) is 92.8 cm³/mol. The van der Waals surface area contributed by atoms with E-state index in [1.165, 1.54) is 36.4 Å². The molecule has 0 radical (unpaired) electrons. The van der Waals surface area contributed by atoms with Gasteiger partial charge in [0.05, 0.1) is 0 Å². The van der Waals surface area contributed by atoms with Crippen LogP contribution in [0.15, 0.2) is 72.8 Å². The molecule has 5 heteroatoms. The summed E-state index contributed by atoms with van der Waals surface area (Å²) in [5.74, 6) is -0.947. The Morgan fingerprint density at radius 2 is 0.696 bits per heavy atom. The van der Waals surface area contributed by atoms with Crippen molar-refractivity contribution in [3.05, 3.63) is 90.2 Å². The van der Waals surface area contributed by atoms with Crippen molar-refractivity contribution in [2.45, 2.75) is 0 Å². The van der Waals surface area contributed by atoms with E-state index in [1.54, 1.807) is 36.4 Å². The van der Waals surface area contributed by atoms with Gasteiger partial charge in [-0.3, -0.25) is 0 Å². The molecule has 23 heavy (non-hydrogen) atoms. The summed E-state index contributed by atoms with van der Waals surface area (Å²) in [6, 6.07) is 18.8. The van der Waals surface area contributed by atoms with Crippen molar-refractivity contribution >= 4 is 38.6 Å². The van der Waals surface area contributed by atoms with Gasteiger partial charge < -0.3 is 0 Å². The summed E-state index contributed by atoms with van der Waals surface area (Å²) in [4.78, 5) is 0. The van der Waals surface area contributed by atoms with Gasteiger partial charge in [0, 0.05) is 0 Å². The van der Waals surface area contributed by atoms with Crippen LogP contribution in [0.3, 0.4) is 0 Å². The summed E-state index contributed by atoms with van der Waals surface area (Å²) in [7, 11) is 0. The van der Waals surface area contributed by atoms with Crippen LogP contribution in [-0.4, -0.2) is 11.4 Å². The van der Waals surface area contributed by atoms with Crippen LogP contribution in [-0.2, 0) is 0 Å². The molecule has 0 aliphatic carbocycles. The summed E-state index contributed by atoms with van der Waals surface area (Å²) in [5, 5.41) is 0. The first-order valence-corrected chi connectivity index (χ1v) is 15.0. The van der Waals surface area contributed by atoms with E-state index in [1.807, 2.05) is 0 Å². The number of hydrogen-bond acceptors (Lipinski definition) is 0. The number of rotatable bonds is 3. The summed E-state index contributed by atoms with van der Waals surface area (Å²) >= 11 is 0.639. The van der Waals surface area contributed by atoms with Crippen LogP contribution in [0.2, 0.25) is 0 Å². The van der Waals surface area contributed by atoms with Crippen LogP contribution < -0.4 is 13.2 Å². The van der Waals surface area contributed by atoms with Crippen LogP contribution in [0.1, 0.15) is 0 Å². The van der Waals surface area contributed by atoms with Crippen molar-refractivity contribution in [1.82, 2.24) is 0 Å². The minimum atomic E-state index is -3.26. The monoisotopic (exact) mass is 438 g/mol. The summed E-state index contributed by atoms with van der Waals surface area (Å²) in [6.07, 6.45) is 0. The van der Waals surface area contributed by atoms with Gasteiger partial charge in [0.25, 0.3) is 0 Å². The van der Waals surface area contributed by atoms with E-state index in [0.29, 0.717) is 0 Å². The third kappa shape index (κ3) is 3.23. The molecular formula is C18H12BrF3Ge. The molecule has 0 spiro atoms. The number of hydrogen-bond donors (Lipinski definition) is 0. The van der Waals surface area contributed by atoms with Crippen LogP contribution in [0.4, 0.5) is 13.2 Å². The molecule has 0 saturated carbocycles. The molecule has 0 aliphatic rings. The predicted octanol–water partition coefficient (Wildman–Crippen LogP) is 3.47. The molecule has 0 aliphatic heterocycles. The van der Waals surface area contributed by atoms with Gasteiger partial charge in [-0.05, 0) is 0 Å². The van der Waals surface area contributed by atoms with Gasteiger partial charge in [-0.15, -0.1) is 0 Å². The third-order valence-corrected chi connectivity index (χ3v) is 18.0. The standard InChI is InChI=1S/C18H12BrF3Ge/c19-23(16-7-1-13(20)2-8-16,17-9-3-14(21)4-10-17)18-11-5-15(22)6-12-18/h1-12H. The fourth-order valence-electron chi connectivity index (χ4n) is 2.54. The average Bonchev–Trinajstić information content (AvgIpc) is 2.56. The summed E-state index contributed by atoms with van der Waals surface area (Å²) in [5.41, 5.74) is 0. The molecule has 3 aromatic rings. The number of halogens is 4. The molecule has 116 valence electrons. The van der Waals surface area contributed by atoms with Gasteiger partial charge in [-0.25, -0.2) is 0 Å². The van der Waals surface area contributed by atoms with Gasteiger partial charge in [-0.1, -0.05) is 0 Å². The van der Waals surface area contributed by atoms with Gasteiger partial charge in [-0.2, -0.15) is 0 Å². The average molecular weight is 438 g/mol. The van der Waals surface area contributed by atoms with Crippen LogP contribution >= 0.6 is 14.0 Å². The van der Waals surface area contributed by atoms with E-state index < -0.39 is 11.4 Å². The van der Waals surface area contributed by atoms with Gasteiger partial charge in [0.1, 0.15) is 0 Å². The topological polar surface area (TPSA) is 0 Å². The first kappa shape index (κ1) is 16.3. The summed E-state index contributed by atoms with van der Waals surface area (Å²) < 4.78 is 42.7. The molecule has 0 amide bonds. The molecule has 0 nitrogen and oxygen atoms in total. The molecule has 3 aromatic carbocycles. The first-order valence-electron chi connectivity index (χ1n) is 6.97. The van der Waals surface area contributed by atoms with Crippen molar-refractivity contribution in [1.29, 1.82) is 0 Å². The van der Waals surface area contributed by atoms with Crippen molar-refractivity contribution in [2.24, 2.45) is 0 Å². The maximum atomic E-state index is 13.3. The second-order valence-electron chi connectivity index (χ2n) is 5.18. The minimum absolute atomic E-state index is 0.316. The van der Waals surface area contributed by atoms with E-state index in [4.69, 9.17) is 0 Å². The zero-order chi connectivity index (χ0) is 16.4. The van der Waals surface area contributed by atoms with Crippen molar-refractivity contribution in [3.8, 4) is 0 Å². The Balaban J connectivity index is 2.21. The first-order chi connectivity index (χ1) is 11.0. The molecule has 0 atom stereocenters. The van der Waals surface area contributed by atoms with E-state index in [0.717, 1.165) is 13.2 Å². The quantitative estimate of drug-likeness (QED) is 0.551. The van der Waals surface area contributed by atoms with Crippen LogP contribution in [0.25, 0.3) is 0 Å². The Bertz CT molecular complexity index is 688. The van der Waals surface area contributed by atoms with Crippen molar-refractivity contribution in [3.63, 3.8) is 0 Å². The summed E-state index contributed by atoms with van der Waals surface area (Å²) in [6.45, 7) is 0. The fraction of sp³-hybridized carbons (Fsp3) is 0. The van der Waals surface area contributed by atoms with Gasteiger partial charge in [0.2, 0.25) is 0 Å². The van der Waals surface area contributed by atoms with E-state index >= 15 is 0 Å². The zero-order valence-corrected chi connectivity index (χ0v) is 15.6. The molecule has 0 saturated heterocycles. The third-order valence-electron chi connectivity index (χ3n) is 3.73. The molecule has 3 rings (SSSR count). The molecule has 0 fully saturated rings. The second kappa shape index (κ2) is 6.53. The Kier molecular flexibility index (Phi) is 4.64. The number of benzene rings is 3. The van der Waals surface area contributed by atoms with E-state index in [9.17, 15) is 13.2 Å². The van der Waals surface area contributed by atoms with Gasteiger partial charge in [0.15, 0.2) is 0 Å². The normalized spacial score (nSPS) is 11.5. The second-order valence-corrected chi connectivity index (χ2v) is 17.8.